The van der Waals surface area contributed by atoms with Crippen LogP contribution in [0.15, 0.2) is 53.8 Å². The molecule has 2 atom stereocenters. The second-order valence-electron chi connectivity index (χ2n) is 8.29. The summed E-state index contributed by atoms with van der Waals surface area (Å²) in [6.45, 7) is -0.643. The SMILES string of the molecule is N[C@H](COc1cccc(Cl)c1)C(=O)N1CCC2=NN(CC(F)F)C(=O)[C@]2(Cc2ccccn2)C1. The lowest BCUT2D eigenvalue weighted by Gasteiger charge is -2.40. The monoisotopic (exact) mass is 491 g/mol. The van der Waals surface area contributed by atoms with E-state index in [1.54, 1.807) is 48.7 Å². The molecule has 34 heavy (non-hydrogen) atoms. The first kappa shape index (κ1) is 24.0. The highest BCUT2D eigenvalue weighted by atomic mass is 35.5. The predicted octanol–water partition coefficient (Wildman–Crippen LogP) is 2.37. The van der Waals surface area contributed by atoms with Crippen molar-refractivity contribution in [1.29, 1.82) is 0 Å². The molecular formula is C23H24ClF2N5O3. The number of hydrogen-bond donors (Lipinski definition) is 1. The molecule has 1 aromatic carbocycles. The molecule has 11 heteroatoms. The maximum atomic E-state index is 13.3. The summed E-state index contributed by atoms with van der Waals surface area (Å²) in [5, 5.41) is 5.52. The molecule has 1 aromatic heterocycles. The molecule has 0 radical (unpaired) electrons. The van der Waals surface area contributed by atoms with Crippen LogP contribution in [0.4, 0.5) is 8.78 Å². The topological polar surface area (TPSA) is 101 Å². The van der Waals surface area contributed by atoms with Gasteiger partial charge in [0.1, 0.15) is 30.4 Å². The molecule has 0 bridgehead atoms. The quantitative estimate of drug-likeness (QED) is 0.611. The first-order chi connectivity index (χ1) is 16.3. The van der Waals surface area contributed by atoms with Crippen molar-refractivity contribution in [2.45, 2.75) is 25.3 Å². The number of nitrogens with two attached hydrogens (primary N) is 1. The van der Waals surface area contributed by atoms with Crippen molar-refractivity contribution in [1.82, 2.24) is 14.9 Å². The minimum absolute atomic E-state index is 0.0231. The molecule has 1 saturated heterocycles. The van der Waals surface area contributed by atoms with E-state index >= 15 is 0 Å². The third-order valence-corrected chi connectivity index (χ3v) is 6.13. The first-order valence-electron chi connectivity index (χ1n) is 10.8. The van der Waals surface area contributed by atoms with Gasteiger partial charge in [0, 0.05) is 42.8 Å². The molecule has 8 nitrogen and oxygen atoms in total. The van der Waals surface area contributed by atoms with E-state index in [-0.39, 0.29) is 32.5 Å². The molecule has 0 saturated carbocycles. The van der Waals surface area contributed by atoms with E-state index in [9.17, 15) is 18.4 Å². The minimum atomic E-state index is -2.73. The number of hydrogen-bond acceptors (Lipinski definition) is 6. The molecule has 2 aromatic rings. The Kier molecular flexibility index (Phi) is 7.08. The van der Waals surface area contributed by atoms with Gasteiger partial charge in [-0.1, -0.05) is 23.7 Å². The molecule has 2 amide bonds. The van der Waals surface area contributed by atoms with E-state index in [1.165, 1.54) is 4.90 Å². The van der Waals surface area contributed by atoms with E-state index in [0.29, 0.717) is 22.2 Å². The second-order valence-corrected chi connectivity index (χ2v) is 8.73. The number of pyridine rings is 1. The van der Waals surface area contributed by atoms with Gasteiger partial charge in [-0.15, -0.1) is 0 Å². The summed E-state index contributed by atoms with van der Waals surface area (Å²) in [4.78, 5) is 32.2. The highest BCUT2D eigenvalue weighted by molar-refractivity contribution is 6.30. The average molecular weight is 492 g/mol. The number of amides is 2. The molecule has 1 fully saturated rings. The number of rotatable bonds is 8. The summed E-state index contributed by atoms with van der Waals surface area (Å²) in [6.07, 6.45) is -0.724. The number of hydrazone groups is 1. The third kappa shape index (κ3) is 5.02. The highest BCUT2D eigenvalue weighted by Gasteiger charge is 2.55. The molecule has 4 rings (SSSR count). The van der Waals surface area contributed by atoms with E-state index in [0.717, 1.165) is 5.01 Å². The van der Waals surface area contributed by atoms with Gasteiger partial charge in [0.15, 0.2) is 0 Å². The molecule has 2 aliphatic rings. The lowest BCUT2D eigenvalue weighted by Crippen LogP contribution is -2.59. The number of benzene rings is 1. The number of alkyl halides is 2. The van der Waals surface area contributed by atoms with Crippen molar-refractivity contribution in [3.8, 4) is 5.75 Å². The number of nitrogens with zero attached hydrogens (tertiary/aromatic N) is 4. The van der Waals surface area contributed by atoms with Crippen LogP contribution in [-0.2, 0) is 16.0 Å². The number of fused-ring (bicyclic) bond motifs is 1. The Balaban J connectivity index is 1.52. The Morgan fingerprint density at radius 3 is 2.79 bits per heavy atom. The van der Waals surface area contributed by atoms with Crippen LogP contribution in [-0.4, -0.2) is 71.1 Å². The van der Waals surface area contributed by atoms with Crippen LogP contribution in [0.3, 0.4) is 0 Å². The average Bonchev–Trinajstić information content (AvgIpc) is 3.07. The number of carbonyl (C=O) groups excluding carboxylic acids is 2. The van der Waals surface area contributed by atoms with Crippen molar-refractivity contribution >= 4 is 29.1 Å². The molecule has 180 valence electrons. The number of carbonyl (C=O) groups is 2. The van der Waals surface area contributed by atoms with Gasteiger partial charge >= 0.3 is 0 Å². The normalized spacial score (nSPS) is 20.9. The minimum Gasteiger partial charge on any atom is -0.491 e. The summed E-state index contributed by atoms with van der Waals surface area (Å²) < 4.78 is 31.7. The zero-order valence-electron chi connectivity index (χ0n) is 18.2. The van der Waals surface area contributed by atoms with Crippen molar-refractivity contribution in [2.75, 3.05) is 26.2 Å². The standard InChI is InChI=1S/C23H24ClF2N5O3/c24-15-4-3-6-17(10-15)34-13-18(27)21(32)30-9-7-19-23(14-30,11-16-5-1-2-8-28-16)22(33)31(29-19)12-20(25)26/h1-6,8,10,18,20H,7,9,11-14,27H2/t18-,23-/m1/s1. The zero-order valence-corrected chi connectivity index (χ0v) is 19.0. The van der Waals surface area contributed by atoms with Crippen molar-refractivity contribution in [2.24, 2.45) is 16.3 Å². The van der Waals surface area contributed by atoms with Gasteiger partial charge < -0.3 is 15.4 Å². The second kappa shape index (κ2) is 10.0. The largest absolute Gasteiger partial charge is 0.491 e. The van der Waals surface area contributed by atoms with Crippen LogP contribution in [0, 0.1) is 5.41 Å². The predicted molar refractivity (Wildman–Crippen MR) is 122 cm³/mol. The summed E-state index contributed by atoms with van der Waals surface area (Å²) in [5.41, 5.74) is 5.93. The number of likely N-dealkylation sites (tertiary alicyclic amines) is 1. The maximum Gasteiger partial charge on any atom is 0.258 e. The summed E-state index contributed by atoms with van der Waals surface area (Å²) in [6, 6.07) is 11.0. The Bertz CT molecular complexity index is 1090. The van der Waals surface area contributed by atoms with E-state index in [4.69, 9.17) is 22.1 Å². The van der Waals surface area contributed by atoms with Gasteiger partial charge in [0.05, 0.1) is 5.71 Å². The smallest absolute Gasteiger partial charge is 0.258 e. The maximum absolute atomic E-state index is 13.3. The lowest BCUT2D eigenvalue weighted by atomic mass is 9.74. The van der Waals surface area contributed by atoms with Crippen LogP contribution in [0.5, 0.6) is 5.75 Å². The third-order valence-electron chi connectivity index (χ3n) is 5.89. The number of ether oxygens (including phenoxy) is 1. The van der Waals surface area contributed by atoms with Crippen molar-refractivity contribution < 1.29 is 23.1 Å². The fraction of sp³-hybridized carbons (Fsp3) is 0.391. The van der Waals surface area contributed by atoms with Crippen LogP contribution in [0.1, 0.15) is 12.1 Å². The molecule has 0 spiro atoms. The molecule has 2 aliphatic heterocycles. The Morgan fingerprint density at radius 1 is 1.26 bits per heavy atom. The zero-order chi connectivity index (χ0) is 24.3. The van der Waals surface area contributed by atoms with E-state index in [2.05, 4.69) is 10.1 Å². The Labute approximate surface area is 200 Å². The van der Waals surface area contributed by atoms with Gasteiger partial charge in [0.2, 0.25) is 5.91 Å². The van der Waals surface area contributed by atoms with Crippen LogP contribution in [0.25, 0.3) is 0 Å². The Morgan fingerprint density at radius 2 is 2.09 bits per heavy atom. The van der Waals surface area contributed by atoms with Crippen molar-refractivity contribution in [3.63, 3.8) is 0 Å². The molecule has 3 heterocycles. The molecular weight excluding hydrogens is 468 g/mol. The summed E-state index contributed by atoms with van der Waals surface area (Å²) in [5.74, 6) is -0.486. The summed E-state index contributed by atoms with van der Waals surface area (Å²) in [7, 11) is 0. The number of halogens is 3. The fourth-order valence-electron chi connectivity index (χ4n) is 4.29. The van der Waals surface area contributed by atoms with Gasteiger partial charge in [-0.3, -0.25) is 14.6 Å². The molecule has 0 aliphatic carbocycles. The highest BCUT2D eigenvalue weighted by Crippen LogP contribution is 2.38. The van der Waals surface area contributed by atoms with Gasteiger partial charge in [-0.2, -0.15) is 5.10 Å². The van der Waals surface area contributed by atoms with Gasteiger partial charge in [0.25, 0.3) is 12.3 Å². The molecule has 0 unspecified atom stereocenters. The van der Waals surface area contributed by atoms with E-state index < -0.39 is 36.2 Å². The van der Waals surface area contributed by atoms with Crippen LogP contribution in [0.2, 0.25) is 5.02 Å². The first-order valence-corrected chi connectivity index (χ1v) is 11.2. The lowest BCUT2D eigenvalue weighted by molar-refractivity contribution is -0.142. The van der Waals surface area contributed by atoms with Gasteiger partial charge in [-0.25, -0.2) is 13.8 Å². The van der Waals surface area contributed by atoms with Gasteiger partial charge in [-0.05, 0) is 30.3 Å². The van der Waals surface area contributed by atoms with Crippen LogP contribution < -0.4 is 10.5 Å². The number of piperidine rings is 1. The van der Waals surface area contributed by atoms with Crippen LogP contribution >= 0.6 is 11.6 Å². The summed E-state index contributed by atoms with van der Waals surface area (Å²) >= 11 is 5.95. The van der Waals surface area contributed by atoms with Crippen molar-refractivity contribution in [3.05, 3.63) is 59.4 Å². The fourth-order valence-corrected chi connectivity index (χ4v) is 4.47. The Hall–Kier alpha value is -3.11. The number of aromatic nitrogens is 1. The molecule has 2 N–H and O–H groups in total. The van der Waals surface area contributed by atoms with E-state index in [1.807, 2.05) is 0 Å².